The Balaban J connectivity index is 1.10. The lowest BCUT2D eigenvalue weighted by Crippen LogP contribution is -2.56. The molecule has 0 spiro atoms. The molecule has 71 heavy (non-hydrogen) atoms. The normalized spacial score (nSPS) is 12.8. The highest BCUT2D eigenvalue weighted by atomic mass is 14.4. The number of fused-ring (bicyclic) bond motifs is 6. The summed E-state index contributed by atoms with van der Waals surface area (Å²) >= 11 is 0. The Morgan fingerprint density at radius 1 is 0.296 bits per heavy atom. The summed E-state index contributed by atoms with van der Waals surface area (Å²) in [6.45, 7) is 32.5. The van der Waals surface area contributed by atoms with E-state index in [1.807, 2.05) is 0 Å². The first-order valence-corrected chi connectivity index (χ1v) is 25.9. The number of hydrogen-bond donors (Lipinski definition) is 0. The fourth-order valence-corrected chi connectivity index (χ4v) is 14.1. The molecule has 0 unspecified atom stereocenters. The molecular weight excluding hydrogens is 850 g/mol. The SMILES string of the molecule is Cc1cc(C)c(B(c2ccc(-c3cc4c5cccc6c5c(cc4c4ccccc34)-c3ccc(B(c4c(C)cc(C)cc4C)c4c(C)cc(C)cc4C)cc3C6(C)C)cc2)c2c(C)cc(C)cc2C)c(C)c1. The molecule has 0 radical (unpaired) electrons. The minimum absolute atomic E-state index is 0.111. The first kappa shape index (κ1) is 46.5. The van der Waals surface area contributed by atoms with Gasteiger partial charge in [-0.15, -0.1) is 0 Å². The van der Waals surface area contributed by atoms with Gasteiger partial charge in [0.15, 0.2) is 0 Å². The largest absolute Gasteiger partial charge is 0.242 e. The summed E-state index contributed by atoms with van der Waals surface area (Å²) in [5.74, 6) is 0. The second-order valence-corrected chi connectivity index (χ2v) is 22.4. The third-order valence-corrected chi connectivity index (χ3v) is 16.7. The molecule has 0 N–H and O–H groups in total. The minimum atomic E-state index is -0.237. The predicted molar refractivity (Wildman–Crippen MR) is 314 cm³/mol. The van der Waals surface area contributed by atoms with Crippen LogP contribution in [-0.2, 0) is 5.41 Å². The van der Waals surface area contributed by atoms with Crippen LogP contribution in [0.2, 0.25) is 0 Å². The van der Waals surface area contributed by atoms with Gasteiger partial charge in [-0.2, -0.15) is 0 Å². The fourth-order valence-electron chi connectivity index (χ4n) is 14.1. The average molecular weight is 917 g/mol. The molecule has 0 amide bonds. The van der Waals surface area contributed by atoms with Crippen LogP contribution in [0.1, 0.15) is 91.7 Å². The van der Waals surface area contributed by atoms with Gasteiger partial charge in [0.2, 0.25) is 13.4 Å². The molecule has 11 rings (SSSR count). The minimum Gasteiger partial charge on any atom is -0.0686 e. The standard InChI is InChI=1S/C69H66B2/c1-39-28-43(5)65(44(6)29-39)70(66-45(7)30-40(2)31-46(66)8)52-24-22-51(23-25-52)58-37-60-57-20-17-21-62-64(57)61(38-59(60)55-19-16-15-18-54(55)58)56-27-26-53(36-63(56)69(62,13)14)71(67-47(9)32-41(3)33-48(67)10)68-49(11)34-42(4)35-50(68)12/h15-38H,1-14H3. The van der Waals surface area contributed by atoms with Crippen molar-refractivity contribution >= 4 is 78.5 Å². The lowest BCUT2D eigenvalue weighted by molar-refractivity contribution is 0.646. The molecule has 10 aromatic rings. The highest BCUT2D eigenvalue weighted by Gasteiger charge is 2.37. The van der Waals surface area contributed by atoms with E-state index in [2.05, 4.69) is 243 Å². The van der Waals surface area contributed by atoms with Gasteiger partial charge in [-0.05, 0) is 161 Å². The van der Waals surface area contributed by atoms with Crippen molar-refractivity contribution in [3.05, 3.63) is 223 Å². The molecule has 0 heterocycles. The summed E-state index contributed by atoms with van der Waals surface area (Å²) in [5.41, 5.74) is 32.2. The molecule has 0 aromatic heterocycles. The van der Waals surface area contributed by atoms with Crippen LogP contribution < -0.4 is 32.8 Å². The van der Waals surface area contributed by atoms with Crippen molar-refractivity contribution < 1.29 is 0 Å². The van der Waals surface area contributed by atoms with Crippen LogP contribution in [0, 0.1) is 83.1 Å². The molecule has 0 nitrogen and oxygen atoms in total. The number of rotatable bonds is 7. The van der Waals surface area contributed by atoms with Crippen molar-refractivity contribution in [3.8, 4) is 22.3 Å². The maximum atomic E-state index is 2.59. The molecule has 2 heteroatoms. The van der Waals surface area contributed by atoms with E-state index >= 15 is 0 Å². The number of aryl methyl sites for hydroxylation is 12. The van der Waals surface area contributed by atoms with E-state index in [9.17, 15) is 0 Å². The van der Waals surface area contributed by atoms with E-state index in [1.54, 1.807) is 0 Å². The van der Waals surface area contributed by atoms with Crippen molar-refractivity contribution in [1.29, 1.82) is 0 Å². The van der Waals surface area contributed by atoms with Crippen LogP contribution in [0.5, 0.6) is 0 Å². The van der Waals surface area contributed by atoms with Gasteiger partial charge in [0.05, 0.1) is 0 Å². The molecule has 1 aliphatic rings. The van der Waals surface area contributed by atoms with E-state index in [0.717, 1.165) is 0 Å². The lowest BCUT2D eigenvalue weighted by atomic mass is 9.34. The topological polar surface area (TPSA) is 0 Å². The smallest absolute Gasteiger partial charge is 0.0686 e. The van der Waals surface area contributed by atoms with Crippen LogP contribution in [-0.4, -0.2) is 13.4 Å². The van der Waals surface area contributed by atoms with Gasteiger partial charge in [-0.3, -0.25) is 0 Å². The van der Waals surface area contributed by atoms with Gasteiger partial charge in [0.1, 0.15) is 0 Å². The second-order valence-electron chi connectivity index (χ2n) is 22.4. The first-order chi connectivity index (χ1) is 33.9. The van der Waals surface area contributed by atoms with Crippen LogP contribution >= 0.6 is 0 Å². The number of hydrogen-bond acceptors (Lipinski definition) is 0. The molecule has 0 aliphatic heterocycles. The number of benzene rings is 10. The Hall–Kier alpha value is -6.89. The van der Waals surface area contributed by atoms with Crippen LogP contribution in [0.15, 0.2) is 146 Å². The van der Waals surface area contributed by atoms with E-state index in [4.69, 9.17) is 0 Å². The van der Waals surface area contributed by atoms with Crippen molar-refractivity contribution in [2.24, 2.45) is 0 Å². The molecule has 348 valence electrons. The van der Waals surface area contributed by atoms with Gasteiger partial charge < -0.3 is 0 Å². The van der Waals surface area contributed by atoms with Gasteiger partial charge in [0, 0.05) is 5.41 Å². The summed E-state index contributed by atoms with van der Waals surface area (Å²) in [7, 11) is 0. The monoisotopic (exact) mass is 917 g/mol. The molecular formula is C69H66B2. The van der Waals surface area contributed by atoms with Crippen molar-refractivity contribution in [2.45, 2.75) is 102 Å². The van der Waals surface area contributed by atoms with E-state index in [0.29, 0.717) is 0 Å². The Bertz CT molecular complexity index is 3650. The zero-order chi connectivity index (χ0) is 49.9. The predicted octanol–water partition coefficient (Wildman–Crippen LogP) is 13.9. The quantitative estimate of drug-likeness (QED) is 0.110. The molecule has 0 atom stereocenters. The Morgan fingerprint density at radius 3 is 1.17 bits per heavy atom. The first-order valence-electron chi connectivity index (χ1n) is 25.9. The summed E-state index contributed by atoms with van der Waals surface area (Å²) in [6, 6.07) is 57.3. The summed E-state index contributed by atoms with van der Waals surface area (Å²) in [6.07, 6.45) is 0. The molecule has 1 aliphatic carbocycles. The van der Waals surface area contributed by atoms with Gasteiger partial charge in [0.25, 0.3) is 0 Å². The van der Waals surface area contributed by atoms with E-state index in [-0.39, 0.29) is 18.8 Å². The van der Waals surface area contributed by atoms with Crippen molar-refractivity contribution in [2.75, 3.05) is 0 Å². The highest BCUT2D eigenvalue weighted by molar-refractivity contribution is 6.97. The van der Waals surface area contributed by atoms with Crippen LogP contribution in [0.4, 0.5) is 0 Å². The third kappa shape index (κ3) is 7.51. The molecule has 0 bridgehead atoms. The molecule has 0 saturated heterocycles. The fraction of sp³-hybridized carbons (Fsp3) is 0.217. The van der Waals surface area contributed by atoms with Gasteiger partial charge in [-0.1, -0.05) is 247 Å². The Labute approximate surface area is 424 Å². The van der Waals surface area contributed by atoms with E-state index in [1.165, 1.54) is 165 Å². The highest BCUT2D eigenvalue weighted by Crippen LogP contribution is 2.51. The zero-order valence-corrected chi connectivity index (χ0v) is 44.5. The molecule has 0 saturated carbocycles. The molecule has 0 fully saturated rings. The summed E-state index contributed by atoms with van der Waals surface area (Å²) < 4.78 is 0. The van der Waals surface area contributed by atoms with E-state index < -0.39 is 0 Å². The molecule has 10 aromatic carbocycles. The lowest BCUT2D eigenvalue weighted by Gasteiger charge is -2.36. The Morgan fingerprint density at radius 2 is 0.690 bits per heavy atom. The summed E-state index contributed by atoms with van der Waals surface area (Å²) in [4.78, 5) is 0. The van der Waals surface area contributed by atoms with Crippen LogP contribution in [0.25, 0.3) is 54.6 Å². The maximum absolute atomic E-state index is 2.59. The Kier molecular flexibility index (Phi) is 11.2. The summed E-state index contributed by atoms with van der Waals surface area (Å²) in [5, 5.41) is 7.90. The second kappa shape index (κ2) is 17.2. The maximum Gasteiger partial charge on any atom is 0.242 e. The van der Waals surface area contributed by atoms with Crippen molar-refractivity contribution in [1.82, 2.24) is 0 Å². The average Bonchev–Trinajstić information content (AvgIpc) is 3.30. The van der Waals surface area contributed by atoms with Gasteiger partial charge >= 0.3 is 0 Å². The van der Waals surface area contributed by atoms with Crippen LogP contribution in [0.3, 0.4) is 0 Å². The third-order valence-electron chi connectivity index (χ3n) is 16.7. The van der Waals surface area contributed by atoms with Gasteiger partial charge in [-0.25, -0.2) is 0 Å². The zero-order valence-electron chi connectivity index (χ0n) is 44.5. The van der Waals surface area contributed by atoms with Crippen molar-refractivity contribution in [3.63, 3.8) is 0 Å².